The molecule has 6 nitrogen and oxygen atoms in total. The van der Waals surface area contributed by atoms with Crippen LogP contribution in [0.2, 0.25) is 0 Å². The second-order valence-corrected chi connectivity index (χ2v) is 8.91. The van der Waals surface area contributed by atoms with Gasteiger partial charge in [-0.05, 0) is 35.4 Å². The lowest BCUT2D eigenvalue weighted by molar-refractivity contribution is -0.129. The molecule has 0 N–H and O–H groups in total. The van der Waals surface area contributed by atoms with Crippen LogP contribution in [0.5, 0.6) is 0 Å². The molecule has 0 spiro atoms. The SMILES string of the molecule is COCCN(Cc1ccccc1)C(=O)CSc1nnc(-c2ccc(F)cc2)n1Cc1ccccc1. The molecule has 3 aromatic carbocycles. The topological polar surface area (TPSA) is 60.2 Å². The smallest absolute Gasteiger partial charge is 0.233 e. The van der Waals surface area contributed by atoms with Gasteiger partial charge in [0.05, 0.1) is 18.9 Å². The van der Waals surface area contributed by atoms with Crippen molar-refractivity contribution in [3.63, 3.8) is 0 Å². The van der Waals surface area contributed by atoms with Crippen molar-refractivity contribution >= 4 is 17.7 Å². The van der Waals surface area contributed by atoms with Crippen LogP contribution in [0.15, 0.2) is 90.1 Å². The molecule has 35 heavy (non-hydrogen) atoms. The minimum atomic E-state index is -0.308. The number of amides is 1. The quantitative estimate of drug-likeness (QED) is 0.280. The van der Waals surface area contributed by atoms with E-state index in [-0.39, 0.29) is 17.5 Å². The summed E-state index contributed by atoms with van der Waals surface area (Å²) in [7, 11) is 1.63. The van der Waals surface area contributed by atoms with Crippen LogP contribution in [-0.2, 0) is 22.6 Å². The molecule has 4 aromatic rings. The van der Waals surface area contributed by atoms with Crippen LogP contribution in [-0.4, -0.2) is 51.6 Å². The van der Waals surface area contributed by atoms with Gasteiger partial charge in [0.1, 0.15) is 5.82 Å². The first-order chi connectivity index (χ1) is 17.1. The maximum Gasteiger partial charge on any atom is 0.233 e. The first kappa shape index (κ1) is 24.6. The number of hydrogen-bond acceptors (Lipinski definition) is 5. The van der Waals surface area contributed by atoms with Crippen molar-refractivity contribution < 1.29 is 13.9 Å². The number of hydrogen-bond donors (Lipinski definition) is 0. The monoisotopic (exact) mass is 490 g/mol. The molecule has 0 aliphatic rings. The molecule has 0 aliphatic carbocycles. The number of thioether (sulfide) groups is 1. The third-order valence-corrected chi connectivity index (χ3v) is 6.41. The lowest BCUT2D eigenvalue weighted by Gasteiger charge is -2.22. The molecule has 0 atom stereocenters. The van der Waals surface area contributed by atoms with Crippen molar-refractivity contribution in [1.82, 2.24) is 19.7 Å². The van der Waals surface area contributed by atoms with Crippen LogP contribution in [0.3, 0.4) is 0 Å². The minimum Gasteiger partial charge on any atom is -0.383 e. The fraction of sp³-hybridized carbons (Fsp3) is 0.222. The van der Waals surface area contributed by atoms with Crippen molar-refractivity contribution in [3.05, 3.63) is 102 Å². The first-order valence-electron chi connectivity index (χ1n) is 11.3. The number of carbonyl (C=O) groups excluding carboxylic acids is 1. The van der Waals surface area contributed by atoms with Crippen molar-refractivity contribution in [2.75, 3.05) is 26.0 Å². The Balaban J connectivity index is 1.54. The number of ether oxygens (including phenoxy) is 1. The first-order valence-corrected chi connectivity index (χ1v) is 12.3. The van der Waals surface area contributed by atoms with E-state index in [4.69, 9.17) is 4.74 Å². The van der Waals surface area contributed by atoms with Crippen molar-refractivity contribution in [1.29, 1.82) is 0 Å². The molecule has 1 heterocycles. The van der Waals surface area contributed by atoms with Gasteiger partial charge in [0.25, 0.3) is 0 Å². The van der Waals surface area contributed by atoms with Gasteiger partial charge in [0.2, 0.25) is 5.91 Å². The summed E-state index contributed by atoms with van der Waals surface area (Å²) in [5.41, 5.74) is 2.90. The number of halogens is 1. The molecule has 0 aliphatic heterocycles. The van der Waals surface area contributed by atoms with E-state index in [1.165, 1.54) is 23.9 Å². The molecular weight excluding hydrogens is 463 g/mol. The van der Waals surface area contributed by atoms with E-state index in [1.54, 1.807) is 24.1 Å². The molecule has 0 unspecified atom stereocenters. The largest absolute Gasteiger partial charge is 0.383 e. The van der Waals surface area contributed by atoms with Gasteiger partial charge < -0.3 is 9.64 Å². The molecule has 180 valence electrons. The predicted octanol–water partition coefficient (Wildman–Crippen LogP) is 4.90. The average molecular weight is 491 g/mol. The van der Waals surface area contributed by atoms with E-state index in [0.717, 1.165) is 16.7 Å². The van der Waals surface area contributed by atoms with E-state index in [1.807, 2.05) is 65.2 Å². The Hall–Kier alpha value is -3.49. The third-order valence-electron chi connectivity index (χ3n) is 5.46. The van der Waals surface area contributed by atoms with Gasteiger partial charge >= 0.3 is 0 Å². The molecule has 0 saturated heterocycles. The summed E-state index contributed by atoms with van der Waals surface area (Å²) < 4.78 is 20.7. The molecule has 8 heteroatoms. The van der Waals surface area contributed by atoms with Gasteiger partial charge in [-0.2, -0.15) is 0 Å². The number of benzene rings is 3. The summed E-state index contributed by atoms with van der Waals surface area (Å²) in [6.45, 7) is 2.01. The van der Waals surface area contributed by atoms with Crippen LogP contribution < -0.4 is 0 Å². The van der Waals surface area contributed by atoms with Crippen LogP contribution in [0, 0.1) is 5.82 Å². The molecule has 1 aromatic heterocycles. The normalized spacial score (nSPS) is 10.9. The molecule has 0 bridgehead atoms. The van der Waals surface area contributed by atoms with Crippen LogP contribution in [0.4, 0.5) is 4.39 Å². The third kappa shape index (κ3) is 6.77. The fourth-order valence-corrected chi connectivity index (χ4v) is 4.47. The zero-order chi connectivity index (χ0) is 24.5. The van der Waals surface area contributed by atoms with Gasteiger partial charge in [-0.1, -0.05) is 72.4 Å². The Morgan fingerprint density at radius 1 is 0.943 bits per heavy atom. The maximum absolute atomic E-state index is 13.5. The average Bonchev–Trinajstić information content (AvgIpc) is 3.29. The number of aromatic nitrogens is 3. The summed E-state index contributed by atoms with van der Waals surface area (Å²) in [5, 5.41) is 9.38. The number of rotatable bonds is 11. The van der Waals surface area contributed by atoms with Crippen LogP contribution >= 0.6 is 11.8 Å². The highest BCUT2D eigenvalue weighted by molar-refractivity contribution is 7.99. The Kier molecular flexibility index (Phi) is 8.64. The summed E-state index contributed by atoms with van der Waals surface area (Å²) in [6, 6.07) is 26.1. The maximum atomic E-state index is 13.5. The Labute approximate surface area is 208 Å². The zero-order valence-corrected chi connectivity index (χ0v) is 20.3. The highest BCUT2D eigenvalue weighted by atomic mass is 32.2. The van der Waals surface area contributed by atoms with E-state index in [9.17, 15) is 9.18 Å². The van der Waals surface area contributed by atoms with E-state index in [2.05, 4.69) is 10.2 Å². The summed E-state index contributed by atoms with van der Waals surface area (Å²) in [5.74, 6) is 0.530. The lowest BCUT2D eigenvalue weighted by Crippen LogP contribution is -2.34. The Morgan fingerprint density at radius 3 is 2.26 bits per heavy atom. The molecular formula is C27H27FN4O2S. The van der Waals surface area contributed by atoms with Crippen molar-refractivity contribution in [2.24, 2.45) is 0 Å². The van der Waals surface area contributed by atoms with E-state index in [0.29, 0.717) is 37.2 Å². The van der Waals surface area contributed by atoms with E-state index >= 15 is 0 Å². The summed E-state index contributed by atoms with van der Waals surface area (Å²) in [4.78, 5) is 15.0. The summed E-state index contributed by atoms with van der Waals surface area (Å²) >= 11 is 1.35. The number of carbonyl (C=O) groups is 1. The molecule has 0 saturated carbocycles. The van der Waals surface area contributed by atoms with Gasteiger partial charge in [-0.15, -0.1) is 10.2 Å². The number of nitrogens with zero attached hydrogens (tertiary/aromatic N) is 4. The van der Waals surface area contributed by atoms with Crippen LogP contribution in [0.25, 0.3) is 11.4 Å². The highest BCUT2D eigenvalue weighted by Crippen LogP contribution is 2.26. The molecule has 0 radical (unpaired) electrons. The second kappa shape index (κ2) is 12.3. The van der Waals surface area contributed by atoms with Crippen molar-refractivity contribution in [3.8, 4) is 11.4 Å². The fourth-order valence-electron chi connectivity index (χ4n) is 3.63. The Bertz CT molecular complexity index is 1220. The predicted molar refractivity (Wildman–Crippen MR) is 135 cm³/mol. The highest BCUT2D eigenvalue weighted by Gasteiger charge is 2.19. The van der Waals surface area contributed by atoms with Crippen molar-refractivity contribution in [2.45, 2.75) is 18.2 Å². The Morgan fingerprint density at radius 2 is 1.60 bits per heavy atom. The second-order valence-electron chi connectivity index (χ2n) is 7.97. The van der Waals surface area contributed by atoms with Crippen LogP contribution in [0.1, 0.15) is 11.1 Å². The molecule has 1 amide bonds. The van der Waals surface area contributed by atoms with Gasteiger partial charge in [-0.25, -0.2) is 4.39 Å². The van der Waals surface area contributed by atoms with E-state index < -0.39 is 0 Å². The van der Waals surface area contributed by atoms with Gasteiger partial charge in [0, 0.05) is 25.8 Å². The van der Waals surface area contributed by atoms with Gasteiger partial charge in [-0.3, -0.25) is 9.36 Å². The lowest BCUT2D eigenvalue weighted by atomic mass is 10.2. The standard InChI is InChI=1S/C27H27FN4O2S/c1-34-17-16-31(18-21-8-4-2-5-9-21)25(33)20-35-27-30-29-26(23-12-14-24(28)15-13-23)32(27)19-22-10-6-3-7-11-22/h2-15H,16-20H2,1H3. The minimum absolute atomic E-state index is 0.00602. The summed E-state index contributed by atoms with van der Waals surface area (Å²) in [6.07, 6.45) is 0. The molecule has 4 rings (SSSR count). The molecule has 0 fully saturated rings. The zero-order valence-electron chi connectivity index (χ0n) is 19.5. The number of methoxy groups -OCH3 is 1. The van der Waals surface area contributed by atoms with Gasteiger partial charge in [0.15, 0.2) is 11.0 Å².